The molecule has 1 heterocycles. The van der Waals surface area contributed by atoms with Gasteiger partial charge in [-0.15, -0.1) is 0 Å². The number of hydrogen-bond donors (Lipinski definition) is 1. The molecule has 0 aromatic heterocycles. The van der Waals surface area contributed by atoms with E-state index in [-0.39, 0.29) is 0 Å². The summed E-state index contributed by atoms with van der Waals surface area (Å²) in [5.74, 6) is 2.99. The van der Waals surface area contributed by atoms with Crippen LogP contribution in [0.2, 0.25) is 5.02 Å². The molecule has 1 aromatic carbocycles. The Hall–Kier alpha value is -1.09. The quantitative estimate of drug-likeness (QED) is 0.880. The normalized spacial score (nSPS) is 29.1. The topological polar surface area (TPSA) is 30.5 Å². The van der Waals surface area contributed by atoms with Gasteiger partial charge in [-0.3, -0.25) is 0 Å². The predicted octanol–water partition coefficient (Wildman–Crippen LogP) is 4.35. The zero-order valence-electron chi connectivity index (χ0n) is 12.1. The van der Waals surface area contributed by atoms with Gasteiger partial charge in [0.15, 0.2) is 11.5 Å². The third-order valence-corrected chi connectivity index (χ3v) is 4.74. The van der Waals surface area contributed by atoms with Crippen molar-refractivity contribution in [2.75, 3.05) is 18.5 Å². The summed E-state index contributed by atoms with van der Waals surface area (Å²) in [6, 6.07) is 4.32. The third kappa shape index (κ3) is 2.83. The van der Waals surface area contributed by atoms with E-state index in [1.807, 2.05) is 12.1 Å². The molecule has 0 amide bonds. The van der Waals surface area contributed by atoms with E-state index in [0.717, 1.165) is 23.1 Å². The highest BCUT2D eigenvalue weighted by molar-refractivity contribution is 6.33. The van der Waals surface area contributed by atoms with Crippen LogP contribution in [0.25, 0.3) is 0 Å². The van der Waals surface area contributed by atoms with Gasteiger partial charge in [-0.2, -0.15) is 0 Å². The maximum Gasteiger partial charge on any atom is 0.163 e. The monoisotopic (exact) mass is 295 g/mol. The lowest BCUT2D eigenvalue weighted by Crippen LogP contribution is -2.33. The first kappa shape index (κ1) is 13.9. The van der Waals surface area contributed by atoms with Crippen molar-refractivity contribution in [2.24, 2.45) is 11.8 Å². The molecule has 3 rings (SSSR count). The summed E-state index contributed by atoms with van der Waals surface area (Å²) in [4.78, 5) is 0. The Kier molecular flexibility index (Phi) is 3.97. The fourth-order valence-electron chi connectivity index (χ4n) is 3.11. The molecule has 1 N–H and O–H groups in total. The van der Waals surface area contributed by atoms with Gasteiger partial charge in [0, 0.05) is 18.2 Å². The molecule has 3 nitrogen and oxygen atoms in total. The highest BCUT2D eigenvalue weighted by Gasteiger charge is 2.26. The van der Waals surface area contributed by atoms with Gasteiger partial charge >= 0.3 is 0 Å². The maximum atomic E-state index is 6.37. The molecule has 0 spiro atoms. The average molecular weight is 296 g/mol. The molecule has 0 bridgehead atoms. The Balaban J connectivity index is 1.79. The molecule has 1 aliphatic carbocycles. The van der Waals surface area contributed by atoms with Crippen molar-refractivity contribution < 1.29 is 9.47 Å². The molecule has 0 radical (unpaired) electrons. The van der Waals surface area contributed by atoms with Crippen LogP contribution < -0.4 is 14.8 Å². The first-order valence-electron chi connectivity index (χ1n) is 7.49. The van der Waals surface area contributed by atoms with Gasteiger partial charge in [0.05, 0.1) is 10.7 Å². The van der Waals surface area contributed by atoms with Gasteiger partial charge in [-0.1, -0.05) is 31.9 Å². The summed E-state index contributed by atoms with van der Waals surface area (Å²) in [5.41, 5.74) is 0.960. The largest absolute Gasteiger partial charge is 0.486 e. The van der Waals surface area contributed by atoms with Crippen LogP contribution in [0.1, 0.15) is 33.1 Å². The minimum absolute atomic E-state index is 0.485. The minimum Gasteiger partial charge on any atom is -0.486 e. The van der Waals surface area contributed by atoms with Crippen LogP contribution in [-0.2, 0) is 0 Å². The Labute approximate surface area is 125 Å². The van der Waals surface area contributed by atoms with Gasteiger partial charge in [0.25, 0.3) is 0 Å². The zero-order valence-corrected chi connectivity index (χ0v) is 12.9. The number of fused-ring (bicyclic) bond motifs is 1. The molecule has 1 fully saturated rings. The van der Waals surface area contributed by atoms with Crippen molar-refractivity contribution in [2.45, 2.75) is 39.2 Å². The van der Waals surface area contributed by atoms with Crippen molar-refractivity contribution in [1.82, 2.24) is 0 Å². The molecule has 1 aliphatic heterocycles. The van der Waals surface area contributed by atoms with E-state index < -0.39 is 0 Å². The molecular weight excluding hydrogens is 274 g/mol. The van der Waals surface area contributed by atoms with E-state index in [0.29, 0.717) is 30.2 Å². The summed E-state index contributed by atoms with van der Waals surface area (Å²) >= 11 is 6.37. The Morgan fingerprint density at radius 3 is 2.55 bits per heavy atom. The lowest BCUT2D eigenvalue weighted by molar-refractivity contribution is 0.171. The van der Waals surface area contributed by atoms with Crippen LogP contribution in [-0.4, -0.2) is 19.3 Å². The number of hydrogen-bond acceptors (Lipinski definition) is 3. The lowest BCUT2D eigenvalue weighted by Gasteiger charge is -2.34. The van der Waals surface area contributed by atoms with E-state index in [1.54, 1.807) is 0 Å². The van der Waals surface area contributed by atoms with Crippen molar-refractivity contribution in [3.05, 3.63) is 17.2 Å². The van der Waals surface area contributed by atoms with Gasteiger partial charge < -0.3 is 14.8 Å². The Morgan fingerprint density at radius 1 is 1.10 bits per heavy atom. The second kappa shape index (κ2) is 5.72. The number of anilines is 1. The second-order valence-electron chi connectivity index (χ2n) is 6.12. The van der Waals surface area contributed by atoms with Crippen LogP contribution in [0.4, 0.5) is 5.69 Å². The third-order valence-electron chi connectivity index (χ3n) is 4.43. The summed E-state index contributed by atoms with van der Waals surface area (Å²) in [7, 11) is 0. The maximum absolute atomic E-state index is 6.37. The van der Waals surface area contributed by atoms with Crippen LogP contribution >= 0.6 is 11.6 Å². The molecular formula is C16H22ClNO2. The molecule has 0 saturated heterocycles. The van der Waals surface area contributed by atoms with Crippen molar-refractivity contribution in [3.63, 3.8) is 0 Å². The average Bonchev–Trinajstić information content (AvgIpc) is 2.43. The molecule has 1 aromatic rings. The predicted molar refractivity (Wildman–Crippen MR) is 82.0 cm³/mol. The molecule has 1 saturated carbocycles. The number of nitrogens with one attached hydrogen (secondary N) is 1. The Morgan fingerprint density at radius 2 is 1.80 bits per heavy atom. The summed E-state index contributed by atoms with van der Waals surface area (Å²) < 4.78 is 11.2. The number of halogens is 1. The standard InChI is InChI=1S/C16H22ClNO2/c1-10-3-4-11(2)13(7-10)18-14-9-16-15(8-12(14)17)19-5-6-20-16/h8-11,13,18H,3-7H2,1-2H3. The summed E-state index contributed by atoms with van der Waals surface area (Å²) in [5, 5.41) is 4.32. The summed E-state index contributed by atoms with van der Waals surface area (Å²) in [6.07, 6.45) is 3.81. The molecule has 20 heavy (non-hydrogen) atoms. The lowest BCUT2D eigenvalue weighted by atomic mass is 9.80. The highest BCUT2D eigenvalue weighted by atomic mass is 35.5. The first-order chi connectivity index (χ1) is 9.63. The van der Waals surface area contributed by atoms with Gasteiger partial charge in [0.1, 0.15) is 13.2 Å². The Bertz CT molecular complexity index is 492. The van der Waals surface area contributed by atoms with Crippen LogP contribution in [0, 0.1) is 11.8 Å². The first-order valence-corrected chi connectivity index (χ1v) is 7.87. The molecule has 110 valence electrons. The SMILES string of the molecule is CC1CCC(C)C(Nc2cc3c(cc2Cl)OCCO3)C1. The van der Waals surface area contributed by atoms with Crippen molar-refractivity contribution >= 4 is 17.3 Å². The molecule has 3 atom stereocenters. The van der Waals surface area contributed by atoms with E-state index in [9.17, 15) is 0 Å². The van der Waals surface area contributed by atoms with Crippen LogP contribution in [0.3, 0.4) is 0 Å². The second-order valence-corrected chi connectivity index (χ2v) is 6.53. The van der Waals surface area contributed by atoms with Gasteiger partial charge in [0.2, 0.25) is 0 Å². The zero-order chi connectivity index (χ0) is 14.1. The number of rotatable bonds is 2. The van der Waals surface area contributed by atoms with E-state index in [1.165, 1.54) is 19.3 Å². The van der Waals surface area contributed by atoms with Crippen molar-refractivity contribution in [3.8, 4) is 11.5 Å². The van der Waals surface area contributed by atoms with Crippen LogP contribution in [0.5, 0.6) is 11.5 Å². The molecule has 4 heteroatoms. The van der Waals surface area contributed by atoms with Gasteiger partial charge in [-0.05, 0) is 24.7 Å². The smallest absolute Gasteiger partial charge is 0.163 e. The highest BCUT2D eigenvalue weighted by Crippen LogP contribution is 2.39. The van der Waals surface area contributed by atoms with Crippen molar-refractivity contribution in [1.29, 1.82) is 0 Å². The number of ether oxygens (including phenoxy) is 2. The fraction of sp³-hybridized carbons (Fsp3) is 0.625. The minimum atomic E-state index is 0.485. The number of benzene rings is 1. The van der Waals surface area contributed by atoms with E-state index >= 15 is 0 Å². The molecule has 3 unspecified atom stereocenters. The molecule has 2 aliphatic rings. The van der Waals surface area contributed by atoms with Gasteiger partial charge in [-0.25, -0.2) is 0 Å². The van der Waals surface area contributed by atoms with Crippen LogP contribution in [0.15, 0.2) is 12.1 Å². The van der Waals surface area contributed by atoms with E-state index in [2.05, 4.69) is 19.2 Å². The fourth-order valence-corrected chi connectivity index (χ4v) is 3.32. The van der Waals surface area contributed by atoms with E-state index in [4.69, 9.17) is 21.1 Å². The summed E-state index contributed by atoms with van der Waals surface area (Å²) in [6.45, 7) is 5.83.